The van der Waals surface area contributed by atoms with Gasteiger partial charge in [-0.25, -0.2) is 18.4 Å². The van der Waals surface area contributed by atoms with Crippen LogP contribution in [0.25, 0.3) is 5.69 Å². The van der Waals surface area contributed by atoms with Crippen molar-refractivity contribution in [2.45, 2.75) is 18.9 Å². The molecule has 2 heterocycles. The summed E-state index contributed by atoms with van der Waals surface area (Å²) in [6.07, 6.45) is 1.79. The number of nitrogens with zero attached hydrogens (tertiary/aromatic N) is 4. The van der Waals surface area contributed by atoms with Gasteiger partial charge < -0.3 is 4.90 Å². The van der Waals surface area contributed by atoms with Gasteiger partial charge in [0, 0.05) is 24.9 Å². The number of rotatable bonds is 4. The lowest BCUT2D eigenvalue weighted by atomic mass is 9.99. The summed E-state index contributed by atoms with van der Waals surface area (Å²) in [6.45, 7) is 0.856. The van der Waals surface area contributed by atoms with E-state index in [1.807, 2.05) is 30.3 Å². The molecule has 1 fully saturated rings. The average molecular weight is 354 g/mol. The predicted octanol–water partition coefficient (Wildman–Crippen LogP) is 3.06. The van der Waals surface area contributed by atoms with Crippen molar-refractivity contribution in [3.05, 3.63) is 77.9 Å². The maximum atomic E-state index is 13.5. The number of benzene rings is 2. The molecule has 2 aromatic carbocycles. The fourth-order valence-corrected chi connectivity index (χ4v) is 3.25. The molecule has 1 aliphatic heterocycles. The minimum Gasteiger partial charge on any atom is -0.335 e. The van der Waals surface area contributed by atoms with Gasteiger partial charge in [-0.2, -0.15) is 5.10 Å². The topological polar surface area (TPSA) is 51.0 Å². The van der Waals surface area contributed by atoms with E-state index in [4.69, 9.17) is 0 Å². The second-order valence-electron chi connectivity index (χ2n) is 6.27. The summed E-state index contributed by atoms with van der Waals surface area (Å²) in [5.74, 6) is -1.19. The Morgan fingerprint density at radius 3 is 2.65 bits per heavy atom. The van der Waals surface area contributed by atoms with Gasteiger partial charge in [0.05, 0.1) is 12.2 Å². The summed E-state index contributed by atoms with van der Waals surface area (Å²) in [5.41, 5.74) is 1.49. The first-order valence-electron chi connectivity index (χ1n) is 8.29. The third kappa shape index (κ3) is 3.08. The molecule has 1 saturated heterocycles. The van der Waals surface area contributed by atoms with Crippen molar-refractivity contribution in [1.29, 1.82) is 0 Å². The molecule has 3 aromatic rings. The van der Waals surface area contributed by atoms with Crippen LogP contribution in [-0.2, 0) is 11.3 Å². The number of hydrogen-bond acceptors (Lipinski definition) is 3. The Morgan fingerprint density at radius 1 is 1.08 bits per heavy atom. The summed E-state index contributed by atoms with van der Waals surface area (Å²) >= 11 is 0. The third-order valence-electron chi connectivity index (χ3n) is 4.58. The smallest absolute Gasteiger partial charge is 0.223 e. The van der Waals surface area contributed by atoms with Gasteiger partial charge in [-0.05, 0) is 17.7 Å². The second kappa shape index (κ2) is 6.67. The molecular weight excluding hydrogens is 338 g/mol. The lowest BCUT2D eigenvalue weighted by molar-refractivity contribution is -0.128. The van der Waals surface area contributed by atoms with Crippen molar-refractivity contribution in [3.8, 4) is 5.69 Å². The molecule has 0 N–H and O–H groups in total. The zero-order chi connectivity index (χ0) is 18.1. The number of likely N-dealkylation sites (tertiary alicyclic amines) is 1. The van der Waals surface area contributed by atoms with Crippen LogP contribution in [0.3, 0.4) is 0 Å². The Kier molecular flexibility index (Phi) is 4.20. The molecule has 1 aromatic heterocycles. The normalized spacial score (nSPS) is 17.1. The van der Waals surface area contributed by atoms with Gasteiger partial charge in [0.1, 0.15) is 6.33 Å². The van der Waals surface area contributed by atoms with Crippen LogP contribution in [0.1, 0.15) is 23.7 Å². The molecule has 0 bridgehead atoms. The lowest BCUT2D eigenvalue weighted by Crippen LogP contribution is -2.26. The SMILES string of the molecule is O=C1C[C@H](c2ccccc2)CN1Cc1ncnn1-c1ccc(F)c(F)c1. The maximum absolute atomic E-state index is 13.5. The standard InChI is InChI=1S/C19H16F2N4O/c20-16-7-6-15(9-17(16)21)25-18(22-12-23-25)11-24-10-14(8-19(24)26)13-4-2-1-3-5-13/h1-7,9,12,14H,8,10-11H2/t14-/m0/s1. The van der Waals surface area contributed by atoms with E-state index in [1.54, 1.807) is 4.90 Å². The fourth-order valence-electron chi connectivity index (χ4n) is 3.25. The van der Waals surface area contributed by atoms with E-state index in [0.29, 0.717) is 24.5 Å². The lowest BCUT2D eigenvalue weighted by Gasteiger charge is -2.17. The first kappa shape index (κ1) is 16.4. The van der Waals surface area contributed by atoms with Gasteiger partial charge in [0.25, 0.3) is 0 Å². The molecule has 5 nitrogen and oxygen atoms in total. The molecular formula is C19H16F2N4O. The van der Waals surface area contributed by atoms with Crippen molar-refractivity contribution in [2.24, 2.45) is 0 Å². The number of aromatic nitrogens is 3. The first-order chi connectivity index (χ1) is 12.6. The Hall–Kier alpha value is -3.09. The summed E-state index contributed by atoms with van der Waals surface area (Å²) in [7, 11) is 0. The van der Waals surface area contributed by atoms with Crippen molar-refractivity contribution >= 4 is 5.91 Å². The zero-order valence-corrected chi connectivity index (χ0v) is 13.8. The second-order valence-corrected chi connectivity index (χ2v) is 6.27. The minimum atomic E-state index is -0.953. The number of amides is 1. The van der Waals surface area contributed by atoms with E-state index < -0.39 is 11.6 Å². The van der Waals surface area contributed by atoms with Crippen molar-refractivity contribution in [1.82, 2.24) is 19.7 Å². The molecule has 0 radical (unpaired) electrons. The Labute approximate surface area is 148 Å². The predicted molar refractivity (Wildman–Crippen MR) is 90.5 cm³/mol. The number of hydrogen-bond donors (Lipinski definition) is 0. The van der Waals surface area contributed by atoms with E-state index >= 15 is 0 Å². The van der Waals surface area contributed by atoms with Crippen molar-refractivity contribution < 1.29 is 13.6 Å². The van der Waals surface area contributed by atoms with Gasteiger partial charge in [-0.15, -0.1) is 0 Å². The van der Waals surface area contributed by atoms with Crippen LogP contribution < -0.4 is 0 Å². The number of halogens is 2. The van der Waals surface area contributed by atoms with Crippen molar-refractivity contribution in [3.63, 3.8) is 0 Å². The summed E-state index contributed by atoms with van der Waals surface area (Å²) in [4.78, 5) is 18.3. The average Bonchev–Trinajstić information content (AvgIpc) is 3.26. The Morgan fingerprint density at radius 2 is 1.88 bits per heavy atom. The van der Waals surface area contributed by atoms with E-state index in [-0.39, 0.29) is 18.4 Å². The highest BCUT2D eigenvalue weighted by Gasteiger charge is 2.31. The summed E-state index contributed by atoms with van der Waals surface area (Å²) < 4.78 is 28.1. The molecule has 1 aliphatic rings. The molecule has 4 rings (SSSR count). The molecule has 0 saturated carbocycles. The van der Waals surface area contributed by atoms with Gasteiger partial charge in [0.15, 0.2) is 17.5 Å². The maximum Gasteiger partial charge on any atom is 0.223 e. The van der Waals surface area contributed by atoms with Crippen molar-refractivity contribution in [2.75, 3.05) is 6.54 Å². The highest BCUT2D eigenvalue weighted by atomic mass is 19.2. The summed E-state index contributed by atoms with van der Waals surface area (Å²) in [5, 5.41) is 4.08. The minimum absolute atomic E-state index is 0.0405. The quantitative estimate of drug-likeness (QED) is 0.724. The largest absolute Gasteiger partial charge is 0.335 e. The number of carbonyl (C=O) groups excluding carboxylic acids is 1. The van der Waals surface area contributed by atoms with E-state index in [1.165, 1.54) is 17.1 Å². The molecule has 7 heteroatoms. The van der Waals surface area contributed by atoms with E-state index in [9.17, 15) is 13.6 Å². The third-order valence-corrected chi connectivity index (χ3v) is 4.58. The highest BCUT2D eigenvalue weighted by Crippen LogP contribution is 2.29. The first-order valence-corrected chi connectivity index (χ1v) is 8.29. The van der Waals surface area contributed by atoms with Crippen LogP contribution in [0.5, 0.6) is 0 Å². The van der Waals surface area contributed by atoms with Gasteiger partial charge in [-0.1, -0.05) is 30.3 Å². The molecule has 1 amide bonds. The van der Waals surface area contributed by atoms with Gasteiger partial charge in [-0.3, -0.25) is 4.79 Å². The molecule has 26 heavy (non-hydrogen) atoms. The molecule has 132 valence electrons. The van der Waals surface area contributed by atoms with Crippen LogP contribution >= 0.6 is 0 Å². The molecule has 1 atom stereocenters. The number of carbonyl (C=O) groups is 1. The van der Waals surface area contributed by atoms with Crippen LogP contribution in [0.15, 0.2) is 54.9 Å². The van der Waals surface area contributed by atoms with Crippen LogP contribution in [0.2, 0.25) is 0 Å². The molecule has 0 aliphatic carbocycles. The van der Waals surface area contributed by atoms with Gasteiger partial charge in [0.2, 0.25) is 5.91 Å². The van der Waals surface area contributed by atoms with E-state index in [0.717, 1.165) is 17.7 Å². The van der Waals surface area contributed by atoms with Crippen LogP contribution in [-0.4, -0.2) is 32.1 Å². The molecule has 0 unspecified atom stereocenters. The Balaban J connectivity index is 1.54. The van der Waals surface area contributed by atoms with Gasteiger partial charge >= 0.3 is 0 Å². The summed E-state index contributed by atoms with van der Waals surface area (Å²) in [6, 6.07) is 13.4. The zero-order valence-electron chi connectivity index (χ0n) is 13.8. The monoisotopic (exact) mass is 354 g/mol. The fraction of sp³-hybridized carbons (Fsp3) is 0.211. The van der Waals surface area contributed by atoms with Crippen LogP contribution in [0, 0.1) is 11.6 Å². The molecule has 0 spiro atoms. The van der Waals surface area contributed by atoms with Crippen LogP contribution in [0.4, 0.5) is 8.78 Å². The van der Waals surface area contributed by atoms with E-state index in [2.05, 4.69) is 10.1 Å². The Bertz CT molecular complexity index is 942. The highest BCUT2D eigenvalue weighted by molar-refractivity contribution is 5.79.